The predicted molar refractivity (Wildman–Crippen MR) is 224 cm³/mol. The highest BCUT2D eigenvalue weighted by molar-refractivity contribution is 7.47. The van der Waals surface area contributed by atoms with Gasteiger partial charge in [0.2, 0.25) is 0 Å². The van der Waals surface area contributed by atoms with Gasteiger partial charge in [0.05, 0.1) is 19.8 Å². The Morgan fingerprint density at radius 1 is 0.564 bits per heavy atom. The number of aliphatic hydroxyl groups excluding tert-OH is 2. The molecule has 11 heteroatoms. The number of unbranched alkanes of at least 4 members (excludes halogenated alkanes) is 15. The summed E-state index contributed by atoms with van der Waals surface area (Å²) in [7, 11) is -4.62. The summed E-state index contributed by atoms with van der Waals surface area (Å²) in [5, 5.41) is 18.3. The number of hydrogen-bond donors (Lipinski definition) is 3. The van der Waals surface area contributed by atoms with Gasteiger partial charge >= 0.3 is 19.8 Å². The zero-order valence-electron chi connectivity index (χ0n) is 34.4. The van der Waals surface area contributed by atoms with Gasteiger partial charge < -0.3 is 24.6 Å². The number of hydrogen-bond acceptors (Lipinski definition) is 9. The van der Waals surface area contributed by atoms with Crippen molar-refractivity contribution in [1.29, 1.82) is 0 Å². The smallest absolute Gasteiger partial charge is 0.462 e. The fourth-order valence-electron chi connectivity index (χ4n) is 5.43. The van der Waals surface area contributed by atoms with Crippen molar-refractivity contribution in [1.82, 2.24) is 0 Å². The second kappa shape index (κ2) is 39.9. The van der Waals surface area contributed by atoms with E-state index in [0.717, 1.165) is 70.6 Å². The number of ether oxygens (including phenoxy) is 2. The number of esters is 2. The van der Waals surface area contributed by atoms with E-state index in [4.69, 9.17) is 19.1 Å². The summed E-state index contributed by atoms with van der Waals surface area (Å²) in [5.41, 5.74) is 0. The molecule has 0 fully saturated rings. The van der Waals surface area contributed by atoms with Crippen LogP contribution in [-0.4, -0.2) is 65.7 Å². The minimum atomic E-state index is -4.62. The van der Waals surface area contributed by atoms with Gasteiger partial charge in [0.25, 0.3) is 0 Å². The van der Waals surface area contributed by atoms with Crippen LogP contribution in [0.2, 0.25) is 0 Å². The van der Waals surface area contributed by atoms with E-state index in [2.05, 4.69) is 79.1 Å². The Morgan fingerprint density at radius 3 is 1.51 bits per heavy atom. The Kier molecular flexibility index (Phi) is 38.2. The van der Waals surface area contributed by atoms with Crippen LogP contribution in [0.15, 0.2) is 60.8 Å². The summed E-state index contributed by atoms with van der Waals surface area (Å²) in [6.07, 6.45) is 43.3. The van der Waals surface area contributed by atoms with E-state index in [1.165, 1.54) is 57.8 Å². The number of phosphoric ester groups is 1. The molecule has 0 bridgehead atoms. The molecular formula is C44H77O10P. The Hall–Kier alpha value is -2.33. The van der Waals surface area contributed by atoms with Crippen molar-refractivity contribution in [2.24, 2.45) is 0 Å². The van der Waals surface area contributed by atoms with Crippen molar-refractivity contribution in [3.63, 3.8) is 0 Å². The maximum absolute atomic E-state index is 12.6. The van der Waals surface area contributed by atoms with Crippen LogP contribution >= 0.6 is 7.82 Å². The maximum atomic E-state index is 12.6. The third kappa shape index (κ3) is 39.7. The third-order valence-electron chi connectivity index (χ3n) is 8.69. The monoisotopic (exact) mass is 797 g/mol. The van der Waals surface area contributed by atoms with Crippen molar-refractivity contribution in [3.8, 4) is 0 Å². The van der Waals surface area contributed by atoms with Crippen LogP contribution in [-0.2, 0) is 32.7 Å². The van der Waals surface area contributed by atoms with E-state index in [9.17, 15) is 24.2 Å². The van der Waals surface area contributed by atoms with Gasteiger partial charge in [-0.15, -0.1) is 0 Å². The second-order valence-electron chi connectivity index (χ2n) is 14.0. The van der Waals surface area contributed by atoms with Gasteiger partial charge in [0, 0.05) is 12.8 Å². The van der Waals surface area contributed by atoms with E-state index >= 15 is 0 Å². The molecule has 0 aromatic rings. The second-order valence-corrected chi connectivity index (χ2v) is 15.4. The summed E-state index contributed by atoms with van der Waals surface area (Å²) < 4.78 is 32.7. The zero-order valence-corrected chi connectivity index (χ0v) is 35.3. The molecule has 0 aliphatic rings. The molecule has 1 unspecified atom stereocenters. The standard InChI is InChI=1S/C44H77O10P/c1-3-5-7-9-11-13-15-17-18-19-20-21-22-24-25-27-29-31-33-35-43(47)51-39-42(40-53-55(49,50)52-38-41(46)37-45)54-44(48)36-34-32-30-28-26-23-16-14-12-10-8-6-4-2/h5,7,11,13,17-18,20-21,24-25,41-42,45-46H,3-4,6,8-10,12,14-16,19,22-23,26-40H2,1-2H3,(H,49,50)/b7-5-,13-11-,18-17-,21-20-,25-24-/t41-,42+/m0/s1. The van der Waals surface area contributed by atoms with Crippen LogP contribution in [0.25, 0.3) is 0 Å². The van der Waals surface area contributed by atoms with Gasteiger partial charge in [-0.05, 0) is 57.8 Å². The molecule has 55 heavy (non-hydrogen) atoms. The molecule has 3 N–H and O–H groups in total. The van der Waals surface area contributed by atoms with Crippen LogP contribution < -0.4 is 0 Å². The number of carbonyl (C=O) groups is 2. The number of carbonyl (C=O) groups excluding carboxylic acids is 2. The van der Waals surface area contributed by atoms with Gasteiger partial charge in [0.1, 0.15) is 12.7 Å². The van der Waals surface area contributed by atoms with E-state index in [0.29, 0.717) is 12.8 Å². The lowest BCUT2D eigenvalue weighted by molar-refractivity contribution is -0.161. The predicted octanol–water partition coefficient (Wildman–Crippen LogP) is 11.1. The van der Waals surface area contributed by atoms with E-state index < -0.39 is 51.8 Å². The molecule has 0 aromatic carbocycles. The highest BCUT2D eigenvalue weighted by Gasteiger charge is 2.27. The summed E-state index contributed by atoms with van der Waals surface area (Å²) in [4.78, 5) is 34.9. The van der Waals surface area contributed by atoms with Crippen LogP contribution in [0.4, 0.5) is 0 Å². The Morgan fingerprint density at radius 2 is 1.00 bits per heavy atom. The molecule has 0 aliphatic heterocycles. The van der Waals surface area contributed by atoms with Gasteiger partial charge in [-0.25, -0.2) is 4.57 Å². The lowest BCUT2D eigenvalue weighted by Gasteiger charge is -2.20. The van der Waals surface area contributed by atoms with Crippen LogP contribution in [0.1, 0.15) is 168 Å². The topological polar surface area (TPSA) is 149 Å². The number of aliphatic hydroxyl groups is 2. The Balaban J connectivity index is 4.36. The minimum Gasteiger partial charge on any atom is -0.462 e. The maximum Gasteiger partial charge on any atom is 0.472 e. The number of allylic oxidation sites excluding steroid dienone is 10. The first-order chi connectivity index (χ1) is 26.7. The molecule has 0 amide bonds. The van der Waals surface area contributed by atoms with Crippen molar-refractivity contribution < 1.29 is 47.8 Å². The largest absolute Gasteiger partial charge is 0.472 e. The SMILES string of the molecule is CC/C=C\C/C=C\C/C=C\C/C=C\C/C=C\CCCCCC(=O)OC[C@H](COP(=O)(O)OC[C@@H](O)CO)OC(=O)CCCCCCCCCCCCCCC. The van der Waals surface area contributed by atoms with Crippen molar-refractivity contribution in [2.75, 3.05) is 26.4 Å². The van der Waals surface area contributed by atoms with Crippen molar-refractivity contribution >= 4 is 19.8 Å². The summed E-state index contributed by atoms with van der Waals surface area (Å²) in [6, 6.07) is 0. The normalized spacial score (nSPS) is 14.5. The molecule has 3 atom stereocenters. The summed E-state index contributed by atoms with van der Waals surface area (Å²) >= 11 is 0. The summed E-state index contributed by atoms with van der Waals surface area (Å²) in [6.45, 7) is 2.22. The first-order valence-corrected chi connectivity index (χ1v) is 22.7. The molecule has 0 saturated carbocycles. The van der Waals surface area contributed by atoms with Crippen LogP contribution in [0.3, 0.4) is 0 Å². The molecule has 0 radical (unpaired) electrons. The fourth-order valence-corrected chi connectivity index (χ4v) is 6.22. The highest BCUT2D eigenvalue weighted by atomic mass is 31.2. The molecule has 318 valence electrons. The van der Waals surface area contributed by atoms with E-state index in [1.54, 1.807) is 0 Å². The van der Waals surface area contributed by atoms with E-state index in [-0.39, 0.29) is 19.4 Å². The zero-order chi connectivity index (χ0) is 40.5. The van der Waals surface area contributed by atoms with Gasteiger partial charge in [-0.3, -0.25) is 18.6 Å². The van der Waals surface area contributed by atoms with Crippen LogP contribution in [0.5, 0.6) is 0 Å². The van der Waals surface area contributed by atoms with E-state index in [1.807, 2.05) is 0 Å². The van der Waals surface area contributed by atoms with Crippen molar-refractivity contribution in [2.45, 2.75) is 180 Å². The average molecular weight is 797 g/mol. The molecule has 0 aliphatic carbocycles. The molecule has 0 saturated heterocycles. The average Bonchev–Trinajstić information content (AvgIpc) is 3.17. The molecular weight excluding hydrogens is 719 g/mol. The minimum absolute atomic E-state index is 0.177. The summed E-state index contributed by atoms with van der Waals surface area (Å²) in [5.74, 6) is -0.964. The first kappa shape index (κ1) is 52.7. The Bertz CT molecular complexity index is 1100. The molecule has 0 spiro atoms. The quantitative estimate of drug-likeness (QED) is 0.0237. The highest BCUT2D eigenvalue weighted by Crippen LogP contribution is 2.43. The number of rotatable bonds is 39. The lowest BCUT2D eigenvalue weighted by Crippen LogP contribution is -2.29. The Labute approximate surface area is 334 Å². The molecule has 0 rings (SSSR count). The molecule has 10 nitrogen and oxygen atoms in total. The lowest BCUT2D eigenvalue weighted by atomic mass is 10.0. The third-order valence-corrected chi connectivity index (χ3v) is 9.64. The van der Waals surface area contributed by atoms with Crippen LogP contribution in [0, 0.1) is 0 Å². The fraction of sp³-hybridized carbons (Fsp3) is 0.727. The van der Waals surface area contributed by atoms with Gasteiger partial charge in [0.15, 0.2) is 6.10 Å². The molecule has 0 heterocycles. The van der Waals surface area contributed by atoms with Gasteiger partial charge in [-0.2, -0.15) is 0 Å². The van der Waals surface area contributed by atoms with Gasteiger partial charge in [-0.1, -0.05) is 158 Å². The number of phosphoric acid groups is 1. The van der Waals surface area contributed by atoms with Crippen molar-refractivity contribution in [3.05, 3.63) is 60.8 Å². The molecule has 0 aromatic heterocycles. The first-order valence-electron chi connectivity index (χ1n) is 21.2.